The third-order valence-electron chi connectivity index (χ3n) is 4.76. The highest BCUT2D eigenvalue weighted by atomic mass is 19.1. The standard InChI is InChI=1S/C23H21FN4O/c24-18-7-5-16(6-8-18)14-27-19-10-12-25-22(13-19)23(29)26-11-9-17-15-28-21-4-2-1-3-20(17)21/h1-8,10,12-13,15,28H,9,11,14H2,(H,25,27)(H,26,29). The third-order valence-corrected chi connectivity index (χ3v) is 4.76. The molecule has 2 aromatic heterocycles. The van der Waals surface area contributed by atoms with E-state index in [1.54, 1.807) is 30.5 Å². The molecule has 0 saturated carbocycles. The summed E-state index contributed by atoms with van der Waals surface area (Å²) in [5.41, 5.74) is 4.35. The number of amides is 1. The van der Waals surface area contributed by atoms with Gasteiger partial charge < -0.3 is 15.6 Å². The van der Waals surface area contributed by atoms with Crippen molar-refractivity contribution in [1.82, 2.24) is 15.3 Å². The van der Waals surface area contributed by atoms with E-state index in [1.165, 1.54) is 23.1 Å². The van der Waals surface area contributed by atoms with Gasteiger partial charge in [0.1, 0.15) is 11.5 Å². The number of carbonyl (C=O) groups excluding carboxylic acids is 1. The number of fused-ring (bicyclic) bond motifs is 1. The third kappa shape index (κ3) is 4.60. The smallest absolute Gasteiger partial charge is 0.269 e. The number of hydrogen-bond donors (Lipinski definition) is 3. The Hall–Kier alpha value is -3.67. The molecule has 0 atom stereocenters. The molecule has 3 N–H and O–H groups in total. The quantitative estimate of drug-likeness (QED) is 0.442. The fourth-order valence-electron chi connectivity index (χ4n) is 3.21. The van der Waals surface area contributed by atoms with E-state index in [-0.39, 0.29) is 11.7 Å². The Kier molecular flexibility index (Phi) is 5.52. The number of para-hydroxylation sites is 1. The molecule has 0 spiro atoms. The minimum atomic E-state index is -0.260. The van der Waals surface area contributed by atoms with E-state index in [2.05, 4.69) is 26.7 Å². The number of aromatic amines is 1. The maximum atomic E-state index is 13.0. The Bertz CT molecular complexity index is 1120. The summed E-state index contributed by atoms with van der Waals surface area (Å²) in [4.78, 5) is 19.9. The monoisotopic (exact) mass is 388 g/mol. The SMILES string of the molecule is O=C(NCCc1c[nH]c2ccccc12)c1cc(NCc2ccc(F)cc2)ccn1. The van der Waals surface area contributed by atoms with Gasteiger partial charge in [-0.05, 0) is 47.9 Å². The summed E-state index contributed by atoms with van der Waals surface area (Å²) in [7, 11) is 0. The van der Waals surface area contributed by atoms with Crippen LogP contribution in [0, 0.1) is 5.82 Å². The molecule has 6 heteroatoms. The van der Waals surface area contributed by atoms with E-state index in [9.17, 15) is 9.18 Å². The average Bonchev–Trinajstić information content (AvgIpc) is 3.17. The lowest BCUT2D eigenvalue weighted by atomic mass is 10.1. The number of halogens is 1. The number of pyridine rings is 1. The Morgan fingerprint density at radius 2 is 1.90 bits per heavy atom. The number of carbonyl (C=O) groups is 1. The number of H-pyrrole nitrogens is 1. The maximum absolute atomic E-state index is 13.0. The highest BCUT2D eigenvalue weighted by Crippen LogP contribution is 2.17. The van der Waals surface area contributed by atoms with Gasteiger partial charge in [-0.2, -0.15) is 0 Å². The lowest BCUT2D eigenvalue weighted by molar-refractivity contribution is 0.0949. The van der Waals surface area contributed by atoms with Gasteiger partial charge in [-0.1, -0.05) is 30.3 Å². The Labute approximate surface area is 168 Å². The molecule has 5 nitrogen and oxygen atoms in total. The predicted octanol–water partition coefficient (Wildman–Crippen LogP) is 4.29. The van der Waals surface area contributed by atoms with Crippen LogP contribution >= 0.6 is 0 Å². The fraction of sp³-hybridized carbons (Fsp3) is 0.130. The van der Waals surface area contributed by atoms with Gasteiger partial charge in [-0.15, -0.1) is 0 Å². The lowest BCUT2D eigenvalue weighted by Gasteiger charge is -2.09. The first kappa shape index (κ1) is 18.7. The molecule has 0 aliphatic carbocycles. The highest BCUT2D eigenvalue weighted by Gasteiger charge is 2.09. The predicted molar refractivity (Wildman–Crippen MR) is 112 cm³/mol. The molecule has 4 aromatic rings. The zero-order valence-electron chi connectivity index (χ0n) is 15.8. The Balaban J connectivity index is 1.32. The largest absolute Gasteiger partial charge is 0.381 e. The van der Waals surface area contributed by atoms with Crippen molar-refractivity contribution in [2.24, 2.45) is 0 Å². The summed E-state index contributed by atoms with van der Waals surface area (Å²) in [5, 5.41) is 7.33. The number of nitrogens with one attached hydrogen (secondary N) is 3. The Morgan fingerprint density at radius 3 is 2.76 bits per heavy atom. The van der Waals surface area contributed by atoms with Crippen molar-refractivity contribution < 1.29 is 9.18 Å². The van der Waals surface area contributed by atoms with Crippen molar-refractivity contribution in [1.29, 1.82) is 0 Å². The van der Waals surface area contributed by atoms with Gasteiger partial charge in [0.15, 0.2) is 0 Å². The lowest BCUT2D eigenvalue weighted by Crippen LogP contribution is -2.26. The normalized spacial score (nSPS) is 10.8. The summed E-state index contributed by atoms with van der Waals surface area (Å²) >= 11 is 0. The number of rotatable bonds is 7. The summed E-state index contributed by atoms with van der Waals surface area (Å²) < 4.78 is 13.0. The van der Waals surface area contributed by atoms with Gasteiger partial charge in [0.2, 0.25) is 0 Å². The van der Waals surface area contributed by atoms with Crippen LogP contribution in [0.15, 0.2) is 73.1 Å². The zero-order valence-corrected chi connectivity index (χ0v) is 15.8. The highest BCUT2D eigenvalue weighted by molar-refractivity contribution is 5.93. The Morgan fingerprint density at radius 1 is 1.07 bits per heavy atom. The van der Waals surface area contributed by atoms with E-state index in [4.69, 9.17) is 0 Å². The molecule has 2 heterocycles. The van der Waals surface area contributed by atoms with E-state index in [0.717, 1.165) is 23.2 Å². The molecule has 0 bridgehead atoms. The number of aromatic nitrogens is 2. The molecule has 2 aromatic carbocycles. The van der Waals surface area contributed by atoms with Crippen LogP contribution in [-0.2, 0) is 13.0 Å². The van der Waals surface area contributed by atoms with E-state index < -0.39 is 0 Å². The second-order valence-corrected chi connectivity index (χ2v) is 6.78. The van der Waals surface area contributed by atoms with Gasteiger partial charge in [-0.25, -0.2) is 4.39 Å². The minimum absolute atomic E-state index is 0.213. The summed E-state index contributed by atoms with van der Waals surface area (Å²) in [6.45, 7) is 1.06. The van der Waals surface area contributed by atoms with Crippen LogP contribution in [-0.4, -0.2) is 22.4 Å². The maximum Gasteiger partial charge on any atom is 0.269 e. The first-order chi connectivity index (χ1) is 14.2. The number of benzene rings is 2. The molecule has 0 fully saturated rings. The number of anilines is 1. The molecule has 0 saturated heterocycles. The van der Waals surface area contributed by atoms with E-state index >= 15 is 0 Å². The van der Waals surface area contributed by atoms with Crippen molar-refractivity contribution in [2.45, 2.75) is 13.0 Å². The molecule has 4 rings (SSSR count). The van der Waals surface area contributed by atoms with Crippen LogP contribution in [0.5, 0.6) is 0 Å². The van der Waals surface area contributed by atoms with Crippen LogP contribution < -0.4 is 10.6 Å². The zero-order chi connectivity index (χ0) is 20.1. The van der Waals surface area contributed by atoms with Crippen molar-refractivity contribution in [3.05, 3.63) is 95.7 Å². The second-order valence-electron chi connectivity index (χ2n) is 6.78. The average molecular weight is 388 g/mol. The summed E-state index contributed by atoms with van der Waals surface area (Å²) in [5.74, 6) is -0.473. The van der Waals surface area contributed by atoms with Gasteiger partial charge in [0.05, 0.1) is 0 Å². The van der Waals surface area contributed by atoms with Gasteiger partial charge in [0, 0.05) is 42.1 Å². The van der Waals surface area contributed by atoms with Crippen molar-refractivity contribution in [3.8, 4) is 0 Å². The number of hydrogen-bond acceptors (Lipinski definition) is 3. The molecule has 1 amide bonds. The molecule has 0 unspecified atom stereocenters. The molecule has 146 valence electrons. The molecule has 29 heavy (non-hydrogen) atoms. The molecule has 0 aliphatic heterocycles. The van der Waals surface area contributed by atoms with Gasteiger partial charge in [-0.3, -0.25) is 9.78 Å². The topological polar surface area (TPSA) is 69.8 Å². The van der Waals surface area contributed by atoms with Gasteiger partial charge >= 0.3 is 0 Å². The number of nitrogens with zero attached hydrogens (tertiary/aromatic N) is 1. The van der Waals surface area contributed by atoms with Crippen molar-refractivity contribution in [2.75, 3.05) is 11.9 Å². The summed E-state index contributed by atoms with van der Waals surface area (Å²) in [6.07, 6.45) is 4.31. The van der Waals surface area contributed by atoms with E-state index in [0.29, 0.717) is 18.8 Å². The van der Waals surface area contributed by atoms with Crippen LogP contribution in [0.4, 0.5) is 10.1 Å². The van der Waals surface area contributed by atoms with Crippen molar-refractivity contribution >= 4 is 22.5 Å². The van der Waals surface area contributed by atoms with Crippen LogP contribution in [0.25, 0.3) is 10.9 Å². The first-order valence-electron chi connectivity index (χ1n) is 9.46. The minimum Gasteiger partial charge on any atom is -0.381 e. The molecule has 0 aliphatic rings. The van der Waals surface area contributed by atoms with Crippen LogP contribution in [0.2, 0.25) is 0 Å². The van der Waals surface area contributed by atoms with E-state index in [1.807, 2.05) is 24.4 Å². The second kappa shape index (κ2) is 8.56. The summed E-state index contributed by atoms with van der Waals surface area (Å²) in [6, 6.07) is 17.9. The molecular formula is C23H21FN4O. The van der Waals surface area contributed by atoms with Gasteiger partial charge in [0.25, 0.3) is 5.91 Å². The van der Waals surface area contributed by atoms with Crippen molar-refractivity contribution in [3.63, 3.8) is 0 Å². The molecular weight excluding hydrogens is 367 g/mol. The van der Waals surface area contributed by atoms with Crippen LogP contribution in [0.3, 0.4) is 0 Å². The fourth-order valence-corrected chi connectivity index (χ4v) is 3.21. The van der Waals surface area contributed by atoms with Crippen LogP contribution in [0.1, 0.15) is 21.6 Å². The first-order valence-corrected chi connectivity index (χ1v) is 9.46. The molecule has 0 radical (unpaired) electrons.